The van der Waals surface area contributed by atoms with Gasteiger partial charge in [-0.05, 0) is 43.0 Å². The highest BCUT2D eigenvalue weighted by Gasteiger charge is 2.31. The molecule has 1 aromatic heterocycles. The maximum Gasteiger partial charge on any atom is 0.243 e. The molecule has 25 heavy (non-hydrogen) atoms. The van der Waals surface area contributed by atoms with Crippen molar-refractivity contribution in [1.82, 2.24) is 14.5 Å². The molecule has 3 rings (SSSR count). The number of rotatable bonds is 6. The Balaban J connectivity index is 1.71. The zero-order valence-corrected chi connectivity index (χ0v) is 15.2. The molecule has 0 saturated carbocycles. The number of hydrogen-bond donors (Lipinski definition) is 0. The van der Waals surface area contributed by atoms with Gasteiger partial charge in [-0.15, -0.1) is 5.10 Å². The molecule has 7 heteroatoms. The third-order valence-corrected chi connectivity index (χ3v) is 6.16. The van der Waals surface area contributed by atoms with Gasteiger partial charge in [0.2, 0.25) is 15.9 Å². The Morgan fingerprint density at radius 2 is 2.04 bits per heavy atom. The lowest BCUT2D eigenvalue weighted by Gasteiger charge is -2.31. The summed E-state index contributed by atoms with van der Waals surface area (Å²) in [5.74, 6) is 0.427. The molecule has 134 valence electrons. The number of piperidine rings is 1. The molecule has 0 amide bonds. The molecule has 1 saturated heterocycles. The van der Waals surface area contributed by atoms with E-state index in [1.807, 2.05) is 12.1 Å². The van der Waals surface area contributed by atoms with Crippen LogP contribution < -0.4 is 4.74 Å². The van der Waals surface area contributed by atoms with Crippen molar-refractivity contribution in [3.8, 4) is 5.88 Å². The van der Waals surface area contributed by atoms with Crippen LogP contribution in [0.15, 0.2) is 47.5 Å². The average Bonchev–Trinajstić information content (AvgIpc) is 2.64. The van der Waals surface area contributed by atoms with Crippen LogP contribution in [-0.4, -0.2) is 42.1 Å². The van der Waals surface area contributed by atoms with E-state index >= 15 is 0 Å². The summed E-state index contributed by atoms with van der Waals surface area (Å²) in [7, 11) is -3.50. The first kappa shape index (κ1) is 17.8. The largest absolute Gasteiger partial charge is 0.472 e. The third-order valence-electron chi connectivity index (χ3n) is 4.28. The molecule has 0 aliphatic carbocycles. The van der Waals surface area contributed by atoms with E-state index in [2.05, 4.69) is 17.1 Å². The smallest absolute Gasteiger partial charge is 0.243 e. The molecule has 1 fully saturated rings. The maximum atomic E-state index is 12.9. The van der Waals surface area contributed by atoms with E-state index in [0.29, 0.717) is 23.9 Å². The van der Waals surface area contributed by atoms with Crippen LogP contribution in [0.3, 0.4) is 0 Å². The zero-order valence-electron chi connectivity index (χ0n) is 14.3. The fraction of sp³-hybridized carbons (Fsp3) is 0.444. The van der Waals surface area contributed by atoms with Crippen LogP contribution in [0.1, 0.15) is 31.7 Å². The van der Waals surface area contributed by atoms with Gasteiger partial charge in [-0.2, -0.15) is 9.40 Å². The Kier molecular flexibility index (Phi) is 5.65. The zero-order chi connectivity index (χ0) is 17.7. The number of ether oxygens (including phenoxy) is 1. The van der Waals surface area contributed by atoms with Crippen molar-refractivity contribution >= 4 is 10.0 Å². The van der Waals surface area contributed by atoms with Crippen LogP contribution in [0.4, 0.5) is 0 Å². The van der Waals surface area contributed by atoms with Crippen LogP contribution in [0.25, 0.3) is 0 Å². The van der Waals surface area contributed by atoms with Gasteiger partial charge < -0.3 is 4.74 Å². The summed E-state index contributed by atoms with van der Waals surface area (Å²) in [6.07, 6.45) is 4.93. The average molecular weight is 361 g/mol. The molecule has 1 unspecified atom stereocenters. The second-order valence-corrected chi connectivity index (χ2v) is 8.14. The summed E-state index contributed by atoms with van der Waals surface area (Å²) in [4.78, 5) is 0.340. The molecule has 1 aromatic carbocycles. The fourth-order valence-corrected chi connectivity index (χ4v) is 4.52. The van der Waals surface area contributed by atoms with Crippen LogP contribution in [0.2, 0.25) is 0 Å². The Labute approximate surface area is 148 Å². The van der Waals surface area contributed by atoms with E-state index in [0.717, 1.165) is 31.2 Å². The van der Waals surface area contributed by atoms with Gasteiger partial charge in [0.25, 0.3) is 0 Å². The summed E-state index contributed by atoms with van der Waals surface area (Å²) in [5.41, 5.74) is 1.16. The van der Waals surface area contributed by atoms with Crippen molar-refractivity contribution in [3.05, 3.63) is 48.2 Å². The molecule has 0 N–H and O–H groups in total. The molecule has 0 bridgehead atoms. The van der Waals surface area contributed by atoms with Crippen molar-refractivity contribution < 1.29 is 13.2 Å². The maximum absolute atomic E-state index is 12.9. The quantitative estimate of drug-likeness (QED) is 0.791. The van der Waals surface area contributed by atoms with Gasteiger partial charge in [0.1, 0.15) is 6.10 Å². The molecule has 0 radical (unpaired) electrons. The van der Waals surface area contributed by atoms with E-state index < -0.39 is 10.0 Å². The van der Waals surface area contributed by atoms with Crippen molar-refractivity contribution in [2.45, 2.75) is 43.6 Å². The highest BCUT2D eigenvalue weighted by atomic mass is 32.2. The van der Waals surface area contributed by atoms with Gasteiger partial charge in [0, 0.05) is 18.8 Å². The summed E-state index contributed by atoms with van der Waals surface area (Å²) < 4.78 is 33.1. The minimum atomic E-state index is -3.50. The van der Waals surface area contributed by atoms with Crippen LogP contribution in [0.5, 0.6) is 5.88 Å². The van der Waals surface area contributed by atoms with E-state index in [-0.39, 0.29) is 6.10 Å². The van der Waals surface area contributed by atoms with Gasteiger partial charge in [0.15, 0.2) is 0 Å². The van der Waals surface area contributed by atoms with Crippen molar-refractivity contribution in [3.63, 3.8) is 0 Å². The van der Waals surface area contributed by atoms with Gasteiger partial charge >= 0.3 is 0 Å². The van der Waals surface area contributed by atoms with Crippen molar-refractivity contribution in [1.29, 1.82) is 0 Å². The predicted molar refractivity (Wildman–Crippen MR) is 94.9 cm³/mol. The molecule has 1 aliphatic rings. The minimum Gasteiger partial charge on any atom is -0.472 e. The summed E-state index contributed by atoms with van der Waals surface area (Å²) in [6.45, 7) is 2.95. The van der Waals surface area contributed by atoms with E-state index in [1.165, 1.54) is 4.31 Å². The van der Waals surface area contributed by atoms with Gasteiger partial charge in [-0.25, -0.2) is 8.42 Å². The topological polar surface area (TPSA) is 72.4 Å². The monoisotopic (exact) mass is 361 g/mol. The molecule has 1 atom stereocenters. The first-order valence-electron chi connectivity index (χ1n) is 8.63. The van der Waals surface area contributed by atoms with E-state index in [4.69, 9.17) is 4.74 Å². The first-order valence-corrected chi connectivity index (χ1v) is 10.1. The highest BCUT2D eigenvalue weighted by Crippen LogP contribution is 2.23. The highest BCUT2D eigenvalue weighted by molar-refractivity contribution is 7.89. The predicted octanol–water partition coefficient (Wildman–Crippen LogP) is 2.66. The van der Waals surface area contributed by atoms with Gasteiger partial charge in [0.05, 0.1) is 11.4 Å². The number of hydrogen-bond acceptors (Lipinski definition) is 5. The van der Waals surface area contributed by atoms with Crippen LogP contribution >= 0.6 is 0 Å². The molecule has 2 heterocycles. The number of nitrogens with zero attached hydrogens (tertiary/aromatic N) is 3. The van der Waals surface area contributed by atoms with Crippen molar-refractivity contribution in [2.75, 3.05) is 13.1 Å². The van der Waals surface area contributed by atoms with E-state index in [9.17, 15) is 8.42 Å². The normalized spacial score (nSPS) is 18.8. The van der Waals surface area contributed by atoms with E-state index in [1.54, 1.807) is 30.5 Å². The minimum absolute atomic E-state index is 0.209. The number of sulfonamides is 1. The van der Waals surface area contributed by atoms with Crippen molar-refractivity contribution in [2.24, 2.45) is 0 Å². The molecule has 1 aliphatic heterocycles. The standard InChI is InChI=1S/C18H23N3O3S/c1-2-5-15-8-10-17(11-9-15)25(22,23)21-13-4-6-16(14-21)24-18-7-3-12-19-20-18/h3,7-12,16H,2,4-6,13-14H2,1H3. The summed E-state index contributed by atoms with van der Waals surface area (Å²) in [5, 5.41) is 7.69. The number of aryl methyl sites for hydroxylation is 1. The number of aromatic nitrogens is 2. The van der Waals surface area contributed by atoms with Gasteiger partial charge in [-0.3, -0.25) is 0 Å². The third kappa shape index (κ3) is 4.35. The second kappa shape index (κ2) is 7.93. The summed E-state index contributed by atoms with van der Waals surface area (Å²) >= 11 is 0. The first-order chi connectivity index (χ1) is 12.1. The lowest BCUT2D eigenvalue weighted by Crippen LogP contribution is -2.44. The lowest BCUT2D eigenvalue weighted by molar-refractivity contribution is 0.123. The molecule has 6 nitrogen and oxygen atoms in total. The molecule has 0 spiro atoms. The SMILES string of the molecule is CCCc1ccc(S(=O)(=O)N2CCCC(Oc3cccnn3)C2)cc1. The second-order valence-electron chi connectivity index (χ2n) is 6.20. The lowest BCUT2D eigenvalue weighted by atomic mass is 10.1. The Hall–Kier alpha value is -1.99. The Bertz CT molecular complexity index is 779. The Morgan fingerprint density at radius 3 is 2.72 bits per heavy atom. The molecule has 2 aromatic rings. The molecular formula is C18H23N3O3S. The number of benzene rings is 1. The van der Waals surface area contributed by atoms with Gasteiger partial charge in [-0.1, -0.05) is 25.5 Å². The fourth-order valence-electron chi connectivity index (χ4n) is 3.01. The Morgan fingerprint density at radius 1 is 1.24 bits per heavy atom. The molecular weight excluding hydrogens is 338 g/mol. The summed E-state index contributed by atoms with van der Waals surface area (Å²) in [6, 6.07) is 10.7. The van der Waals surface area contributed by atoms with Crippen LogP contribution in [0, 0.1) is 0 Å². The van der Waals surface area contributed by atoms with Crippen LogP contribution in [-0.2, 0) is 16.4 Å².